The zero-order valence-electron chi connectivity index (χ0n) is 25.1. The second-order valence-electron chi connectivity index (χ2n) is 13.4. The van der Waals surface area contributed by atoms with Crippen molar-refractivity contribution in [2.75, 3.05) is 7.11 Å². The standard InChI is InChI=1S/C30H40O11/c1-13-11-16-28(7)18(34)12-17(33)26(4,5)20(28)19(39-14(2)31)22(40-15(3)32)29(16,8)21-23(35)41-30(9,25(37)38-10)24(36)27(13,21)6/h16,18-22,34H,1,11-12H2,2-10H3/t16-,18-,19+,20-,21-,22+,27+,28-,29+,30+/m0/s1. The zero-order chi connectivity index (χ0) is 31.2. The molecule has 1 heterocycles. The minimum atomic E-state index is -2.25. The van der Waals surface area contributed by atoms with E-state index in [2.05, 4.69) is 6.58 Å². The van der Waals surface area contributed by atoms with Crippen LogP contribution in [0, 0.1) is 39.4 Å². The Balaban J connectivity index is 2.07. The van der Waals surface area contributed by atoms with E-state index in [1.165, 1.54) is 27.7 Å². The van der Waals surface area contributed by atoms with E-state index in [-0.39, 0.29) is 18.6 Å². The van der Waals surface area contributed by atoms with Crippen molar-refractivity contribution < 1.29 is 52.8 Å². The van der Waals surface area contributed by atoms with E-state index in [1.807, 2.05) is 0 Å². The highest BCUT2D eigenvalue weighted by Crippen LogP contribution is 2.73. The van der Waals surface area contributed by atoms with Gasteiger partial charge in [0.2, 0.25) is 0 Å². The van der Waals surface area contributed by atoms with Gasteiger partial charge in [-0.2, -0.15) is 0 Å². The fourth-order valence-electron chi connectivity index (χ4n) is 9.12. The van der Waals surface area contributed by atoms with Crippen molar-refractivity contribution in [3.63, 3.8) is 0 Å². The lowest BCUT2D eigenvalue weighted by Crippen LogP contribution is -2.79. The van der Waals surface area contributed by atoms with Crippen LogP contribution in [0.15, 0.2) is 12.2 Å². The molecule has 10 atom stereocenters. The number of rotatable bonds is 3. The largest absolute Gasteiger partial charge is 0.466 e. The van der Waals surface area contributed by atoms with Gasteiger partial charge in [-0.3, -0.25) is 24.0 Å². The van der Waals surface area contributed by atoms with Gasteiger partial charge in [0.05, 0.1) is 24.5 Å². The summed E-state index contributed by atoms with van der Waals surface area (Å²) in [6, 6.07) is 0. The molecule has 226 valence electrons. The second kappa shape index (κ2) is 9.21. The summed E-state index contributed by atoms with van der Waals surface area (Å²) >= 11 is 0. The summed E-state index contributed by atoms with van der Waals surface area (Å²) < 4.78 is 22.2. The average molecular weight is 577 g/mol. The highest BCUT2D eigenvalue weighted by molar-refractivity contribution is 6.15. The number of cyclic esters (lactones) is 1. The molecule has 4 fully saturated rings. The Morgan fingerprint density at radius 1 is 0.927 bits per heavy atom. The van der Waals surface area contributed by atoms with Gasteiger partial charge in [-0.25, -0.2) is 4.79 Å². The number of ether oxygens (including phenoxy) is 4. The van der Waals surface area contributed by atoms with E-state index < -0.39 is 93.0 Å². The lowest BCUT2D eigenvalue weighted by atomic mass is 9.33. The first-order valence-corrected chi connectivity index (χ1v) is 13.8. The first kappa shape index (κ1) is 30.9. The van der Waals surface area contributed by atoms with Gasteiger partial charge in [0.25, 0.3) is 5.60 Å². The van der Waals surface area contributed by atoms with Crippen LogP contribution in [0.5, 0.6) is 0 Å². The van der Waals surface area contributed by atoms with Crippen LogP contribution in [0.3, 0.4) is 0 Å². The smallest absolute Gasteiger partial charge is 0.358 e. The molecule has 0 bridgehead atoms. The summed E-state index contributed by atoms with van der Waals surface area (Å²) in [6.45, 7) is 16.1. The van der Waals surface area contributed by atoms with Crippen LogP contribution in [-0.4, -0.2) is 71.6 Å². The maximum atomic E-state index is 14.2. The molecule has 3 saturated carbocycles. The Labute approximate surface area is 239 Å². The molecule has 1 saturated heterocycles. The van der Waals surface area contributed by atoms with Crippen molar-refractivity contribution in [1.82, 2.24) is 0 Å². The molecule has 41 heavy (non-hydrogen) atoms. The maximum Gasteiger partial charge on any atom is 0.358 e. The van der Waals surface area contributed by atoms with Crippen molar-refractivity contribution in [3.05, 3.63) is 12.2 Å². The Kier molecular flexibility index (Phi) is 6.93. The van der Waals surface area contributed by atoms with E-state index >= 15 is 0 Å². The summed E-state index contributed by atoms with van der Waals surface area (Å²) in [6.07, 6.45) is -3.93. The summed E-state index contributed by atoms with van der Waals surface area (Å²) in [4.78, 5) is 79.6. The molecule has 0 aromatic carbocycles. The lowest BCUT2D eigenvalue weighted by molar-refractivity contribution is -0.295. The van der Waals surface area contributed by atoms with Gasteiger partial charge in [0.1, 0.15) is 18.0 Å². The Morgan fingerprint density at radius 2 is 1.49 bits per heavy atom. The normalized spacial score (nSPS) is 44.9. The van der Waals surface area contributed by atoms with Crippen LogP contribution in [0.1, 0.15) is 68.2 Å². The second-order valence-corrected chi connectivity index (χ2v) is 13.4. The number of hydrogen-bond donors (Lipinski definition) is 1. The topological polar surface area (TPSA) is 160 Å². The number of carbonyl (C=O) groups is 6. The van der Waals surface area contributed by atoms with Gasteiger partial charge in [-0.1, -0.05) is 39.8 Å². The molecule has 0 aromatic rings. The summed E-state index contributed by atoms with van der Waals surface area (Å²) in [5.41, 5.74) is -7.42. The molecule has 11 nitrogen and oxygen atoms in total. The Bertz CT molecular complexity index is 1270. The van der Waals surface area contributed by atoms with E-state index in [0.717, 1.165) is 7.11 Å². The number of esters is 4. The first-order valence-electron chi connectivity index (χ1n) is 13.8. The van der Waals surface area contributed by atoms with Gasteiger partial charge < -0.3 is 24.1 Å². The van der Waals surface area contributed by atoms with Gasteiger partial charge in [-0.15, -0.1) is 0 Å². The monoisotopic (exact) mass is 576 g/mol. The van der Waals surface area contributed by atoms with Gasteiger partial charge in [0.15, 0.2) is 5.78 Å². The maximum absolute atomic E-state index is 14.2. The predicted octanol–water partition coefficient (Wildman–Crippen LogP) is 2.11. The number of allylic oxidation sites excluding steroid dienone is 1. The third kappa shape index (κ3) is 3.73. The van der Waals surface area contributed by atoms with E-state index in [0.29, 0.717) is 5.57 Å². The van der Waals surface area contributed by atoms with E-state index in [4.69, 9.17) is 18.9 Å². The average Bonchev–Trinajstić information content (AvgIpc) is 2.84. The summed E-state index contributed by atoms with van der Waals surface area (Å²) in [5.74, 6) is -7.34. The molecule has 1 aliphatic heterocycles. The van der Waals surface area contributed by atoms with Gasteiger partial charge in [-0.05, 0) is 26.2 Å². The molecular formula is C30H40O11. The van der Waals surface area contributed by atoms with Crippen LogP contribution < -0.4 is 0 Å². The third-order valence-corrected chi connectivity index (χ3v) is 11.0. The SMILES string of the molecule is C=C1C[C@H]2[C@@]3(C)[C@@H](O)CC(=O)C(C)(C)[C@@H]3[C@@H](OC(C)=O)[C@@H](OC(C)=O)[C@@]2(C)[C@H]2C(=O)O[C@@](C)(C(=O)OC)C(=O)[C@]12C. The summed E-state index contributed by atoms with van der Waals surface area (Å²) in [7, 11) is 1.08. The zero-order valence-corrected chi connectivity index (χ0v) is 25.1. The molecule has 11 heteroatoms. The van der Waals surface area contributed by atoms with Crippen molar-refractivity contribution >= 4 is 35.4 Å². The Morgan fingerprint density at radius 3 is 2.00 bits per heavy atom. The molecule has 0 aromatic heterocycles. The fraction of sp³-hybridized carbons (Fsp3) is 0.733. The number of fused-ring (bicyclic) bond motifs is 5. The van der Waals surface area contributed by atoms with Crippen LogP contribution in [-0.2, 0) is 47.7 Å². The van der Waals surface area contributed by atoms with Gasteiger partial charge in [0, 0.05) is 42.4 Å². The minimum Gasteiger partial charge on any atom is -0.466 e. The van der Waals surface area contributed by atoms with E-state index in [1.54, 1.807) is 27.7 Å². The number of aliphatic hydroxyl groups excluding tert-OH is 1. The number of carbonyl (C=O) groups excluding carboxylic acids is 6. The van der Waals surface area contributed by atoms with Crippen LogP contribution in [0.25, 0.3) is 0 Å². The van der Waals surface area contributed by atoms with Crippen LogP contribution in [0.4, 0.5) is 0 Å². The molecular weight excluding hydrogens is 536 g/mol. The molecule has 0 spiro atoms. The fourth-order valence-corrected chi connectivity index (χ4v) is 9.12. The van der Waals surface area contributed by atoms with Crippen LogP contribution in [0.2, 0.25) is 0 Å². The predicted molar refractivity (Wildman–Crippen MR) is 141 cm³/mol. The van der Waals surface area contributed by atoms with Crippen molar-refractivity contribution in [1.29, 1.82) is 0 Å². The van der Waals surface area contributed by atoms with Gasteiger partial charge >= 0.3 is 23.9 Å². The van der Waals surface area contributed by atoms with E-state index in [9.17, 15) is 33.9 Å². The molecule has 0 amide bonds. The molecule has 4 aliphatic rings. The molecule has 3 aliphatic carbocycles. The van der Waals surface area contributed by atoms with Crippen molar-refractivity contribution in [2.24, 2.45) is 39.4 Å². The van der Waals surface area contributed by atoms with Crippen LogP contribution >= 0.6 is 0 Å². The van der Waals surface area contributed by atoms with Crippen molar-refractivity contribution in [3.8, 4) is 0 Å². The minimum absolute atomic E-state index is 0.0820. The van der Waals surface area contributed by atoms with Crippen molar-refractivity contribution in [2.45, 2.75) is 92.1 Å². The lowest BCUT2D eigenvalue weighted by Gasteiger charge is -2.71. The highest BCUT2D eigenvalue weighted by atomic mass is 16.6. The molecule has 4 rings (SSSR count). The molecule has 0 radical (unpaired) electrons. The number of aliphatic hydroxyl groups is 1. The third-order valence-electron chi connectivity index (χ3n) is 11.0. The highest BCUT2D eigenvalue weighted by Gasteiger charge is 2.80. The number of methoxy groups -OCH3 is 1. The molecule has 1 N–H and O–H groups in total. The number of Topliss-reactive ketones (excluding diaryl/α,β-unsaturated/α-hetero) is 2. The quantitative estimate of drug-likeness (QED) is 0.227. The molecule has 0 unspecified atom stereocenters. The number of hydrogen-bond acceptors (Lipinski definition) is 11. The number of ketones is 2. The summed E-state index contributed by atoms with van der Waals surface area (Å²) in [5, 5.41) is 11.6. The first-order chi connectivity index (χ1) is 18.7. The Hall–Kier alpha value is -3.08.